The number of halogens is 1. The van der Waals surface area contributed by atoms with Gasteiger partial charge in [-0.2, -0.15) is 0 Å². The van der Waals surface area contributed by atoms with E-state index < -0.39 is 0 Å². The number of amides is 1. The third-order valence-corrected chi connectivity index (χ3v) is 6.16. The summed E-state index contributed by atoms with van der Waals surface area (Å²) in [7, 11) is 0. The number of fused-ring (bicyclic) bond motifs is 1. The predicted molar refractivity (Wildman–Crippen MR) is 135 cm³/mol. The lowest BCUT2D eigenvalue weighted by molar-refractivity contribution is 0.0997. The molecule has 0 aliphatic heterocycles. The van der Waals surface area contributed by atoms with E-state index in [1.807, 2.05) is 42.5 Å². The van der Waals surface area contributed by atoms with Crippen molar-refractivity contribution < 1.29 is 13.6 Å². The van der Waals surface area contributed by atoms with Gasteiger partial charge in [-0.05, 0) is 78.6 Å². The molecule has 5 rings (SSSR count). The molecule has 0 bridgehead atoms. The van der Waals surface area contributed by atoms with Crippen LogP contribution >= 0.6 is 11.6 Å². The summed E-state index contributed by atoms with van der Waals surface area (Å²) >= 11 is 6.04. The Morgan fingerprint density at radius 2 is 1.79 bits per heavy atom. The van der Waals surface area contributed by atoms with Gasteiger partial charge in [-0.1, -0.05) is 43.6 Å². The minimum atomic E-state index is -0.333. The third kappa shape index (κ3) is 4.47. The molecule has 6 heteroatoms. The van der Waals surface area contributed by atoms with Crippen LogP contribution in [0.2, 0.25) is 5.02 Å². The summed E-state index contributed by atoms with van der Waals surface area (Å²) in [5.41, 5.74) is 5.14. The zero-order chi connectivity index (χ0) is 23.7. The van der Waals surface area contributed by atoms with Crippen molar-refractivity contribution in [2.45, 2.75) is 26.2 Å². The molecule has 2 heterocycles. The molecule has 0 radical (unpaired) electrons. The van der Waals surface area contributed by atoms with Crippen molar-refractivity contribution in [1.82, 2.24) is 4.98 Å². The third-order valence-electron chi connectivity index (χ3n) is 5.92. The number of benzene rings is 3. The van der Waals surface area contributed by atoms with Crippen molar-refractivity contribution in [3.63, 3.8) is 0 Å². The highest BCUT2D eigenvalue weighted by molar-refractivity contribution is 6.30. The van der Waals surface area contributed by atoms with E-state index in [1.165, 1.54) is 5.56 Å². The van der Waals surface area contributed by atoms with Crippen molar-refractivity contribution in [2.24, 2.45) is 0 Å². The Kier molecular flexibility index (Phi) is 5.95. The molecule has 5 aromatic rings. The Balaban J connectivity index is 1.30. The highest BCUT2D eigenvalue weighted by Crippen LogP contribution is 2.29. The number of anilines is 1. The average Bonchev–Trinajstić information content (AvgIpc) is 3.51. The first kappa shape index (κ1) is 22.0. The van der Waals surface area contributed by atoms with Crippen molar-refractivity contribution in [2.75, 3.05) is 5.32 Å². The molecule has 0 unspecified atom stereocenters. The van der Waals surface area contributed by atoms with E-state index in [0.717, 1.165) is 28.6 Å². The van der Waals surface area contributed by atoms with Gasteiger partial charge in [0.2, 0.25) is 5.89 Å². The Morgan fingerprint density at radius 1 is 0.971 bits per heavy atom. The molecule has 1 N–H and O–H groups in total. The molecule has 0 fully saturated rings. The lowest BCUT2D eigenvalue weighted by atomic mass is 9.98. The van der Waals surface area contributed by atoms with Gasteiger partial charge in [0.1, 0.15) is 11.3 Å². The van der Waals surface area contributed by atoms with Crippen LogP contribution in [0.15, 0.2) is 87.7 Å². The van der Waals surface area contributed by atoms with Crippen LogP contribution in [0.5, 0.6) is 0 Å². The highest BCUT2D eigenvalue weighted by atomic mass is 35.5. The van der Waals surface area contributed by atoms with E-state index in [0.29, 0.717) is 28.3 Å². The van der Waals surface area contributed by atoms with Crippen LogP contribution < -0.4 is 5.32 Å². The number of nitrogens with one attached hydrogen (secondary N) is 1. The Hall–Kier alpha value is -3.83. The molecule has 5 nitrogen and oxygen atoms in total. The number of aromatic nitrogens is 1. The zero-order valence-corrected chi connectivity index (χ0v) is 19.6. The predicted octanol–water partition coefficient (Wildman–Crippen LogP) is 8.17. The van der Waals surface area contributed by atoms with Crippen molar-refractivity contribution in [3.8, 4) is 22.8 Å². The number of furan rings is 1. The van der Waals surface area contributed by atoms with Gasteiger partial charge in [-0.3, -0.25) is 4.79 Å². The van der Waals surface area contributed by atoms with E-state index in [9.17, 15) is 4.79 Å². The van der Waals surface area contributed by atoms with Crippen LogP contribution in [0.25, 0.3) is 33.9 Å². The molecule has 3 aromatic carbocycles. The molecule has 0 saturated heterocycles. The first-order valence-electron chi connectivity index (χ1n) is 11.2. The molecule has 0 saturated carbocycles. The normalized spacial score (nSPS) is 12.1. The monoisotopic (exact) mass is 470 g/mol. The van der Waals surface area contributed by atoms with E-state index in [4.69, 9.17) is 20.4 Å². The summed E-state index contributed by atoms with van der Waals surface area (Å²) in [5.74, 6) is 1.49. The Morgan fingerprint density at radius 3 is 2.56 bits per heavy atom. The van der Waals surface area contributed by atoms with Crippen molar-refractivity contribution in [3.05, 3.63) is 95.2 Å². The Labute approximate surface area is 202 Å². The highest BCUT2D eigenvalue weighted by Gasteiger charge is 2.14. The molecule has 1 atom stereocenters. The summed E-state index contributed by atoms with van der Waals surface area (Å²) in [5, 5.41) is 3.46. The van der Waals surface area contributed by atoms with Crippen molar-refractivity contribution in [1.29, 1.82) is 0 Å². The lowest BCUT2D eigenvalue weighted by Gasteiger charge is -2.07. The largest absolute Gasteiger partial charge is 0.451 e. The van der Waals surface area contributed by atoms with Crippen LogP contribution in [-0.2, 0) is 0 Å². The second kappa shape index (κ2) is 9.20. The van der Waals surface area contributed by atoms with E-state index in [-0.39, 0.29) is 11.7 Å². The fourth-order valence-corrected chi connectivity index (χ4v) is 3.95. The topological polar surface area (TPSA) is 68.3 Å². The number of rotatable bonds is 6. The van der Waals surface area contributed by atoms with Gasteiger partial charge in [0, 0.05) is 21.8 Å². The molecule has 0 aliphatic rings. The molecule has 0 spiro atoms. The van der Waals surface area contributed by atoms with E-state index >= 15 is 0 Å². The maximum atomic E-state index is 12.6. The van der Waals surface area contributed by atoms with Crippen LogP contribution in [0.1, 0.15) is 42.3 Å². The number of carbonyl (C=O) groups excluding carboxylic acids is 1. The average molecular weight is 471 g/mol. The summed E-state index contributed by atoms with van der Waals surface area (Å²) in [6, 6.07) is 24.2. The maximum Gasteiger partial charge on any atom is 0.291 e. The van der Waals surface area contributed by atoms with Gasteiger partial charge in [0.05, 0.1) is 0 Å². The summed E-state index contributed by atoms with van der Waals surface area (Å²) in [6.45, 7) is 4.38. The summed E-state index contributed by atoms with van der Waals surface area (Å²) in [6.07, 6.45) is 1.07. The van der Waals surface area contributed by atoms with Gasteiger partial charge in [0.15, 0.2) is 11.3 Å². The number of hydrogen-bond donors (Lipinski definition) is 1. The SMILES string of the molecule is CC[C@H](C)c1ccc2oc(-c3ccc(NC(=O)c4ccc(-c5cccc(Cl)c5)o4)cc3)nc2c1. The maximum absolute atomic E-state index is 12.6. The number of carbonyl (C=O) groups is 1. The van der Waals surface area contributed by atoms with Gasteiger partial charge in [-0.25, -0.2) is 4.98 Å². The van der Waals surface area contributed by atoms with Gasteiger partial charge >= 0.3 is 0 Å². The second-order valence-electron chi connectivity index (χ2n) is 8.26. The Bertz CT molecular complexity index is 1470. The molecule has 34 heavy (non-hydrogen) atoms. The minimum absolute atomic E-state index is 0.218. The minimum Gasteiger partial charge on any atom is -0.451 e. The molecule has 2 aromatic heterocycles. The number of hydrogen-bond acceptors (Lipinski definition) is 4. The van der Waals surface area contributed by atoms with E-state index in [1.54, 1.807) is 24.3 Å². The molecular formula is C28H23ClN2O3. The number of oxazole rings is 1. The summed E-state index contributed by atoms with van der Waals surface area (Å²) < 4.78 is 11.7. The van der Waals surface area contributed by atoms with Gasteiger partial charge in [0.25, 0.3) is 5.91 Å². The molecule has 0 aliphatic carbocycles. The standard InChI is InChI=1S/C28H23ClN2O3/c1-3-17(2)19-9-12-25-23(16-19)31-28(34-25)18-7-10-22(11-8-18)30-27(32)26-14-13-24(33-26)20-5-4-6-21(29)15-20/h4-17H,3H2,1-2H3,(H,30,32)/t17-/m0/s1. The second-order valence-corrected chi connectivity index (χ2v) is 8.70. The zero-order valence-electron chi connectivity index (χ0n) is 18.8. The smallest absolute Gasteiger partial charge is 0.291 e. The van der Waals surface area contributed by atoms with Crippen LogP contribution in [0.4, 0.5) is 5.69 Å². The molecule has 1 amide bonds. The quantitative estimate of drug-likeness (QED) is 0.271. The summed E-state index contributed by atoms with van der Waals surface area (Å²) in [4.78, 5) is 17.3. The number of nitrogens with zero attached hydrogens (tertiary/aromatic N) is 1. The first-order valence-corrected chi connectivity index (χ1v) is 11.6. The van der Waals surface area contributed by atoms with Crippen LogP contribution in [0, 0.1) is 0 Å². The van der Waals surface area contributed by atoms with Crippen molar-refractivity contribution >= 4 is 34.3 Å². The molecular weight excluding hydrogens is 448 g/mol. The molecule has 170 valence electrons. The fraction of sp³-hybridized carbons (Fsp3) is 0.143. The first-order chi connectivity index (χ1) is 16.5. The van der Waals surface area contributed by atoms with E-state index in [2.05, 4.69) is 36.3 Å². The van der Waals surface area contributed by atoms with Gasteiger partial charge < -0.3 is 14.2 Å². The van der Waals surface area contributed by atoms with Gasteiger partial charge in [-0.15, -0.1) is 0 Å². The fourth-order valence-electron chi connectivity index (χ4n) is 3.76. The lowest BCUT2D eigenvalue weighted by Crippen LogP contribution is -2.10. The van der Waals surface area contributed by atoms with Crippen LogP contribution in [-0.4, -0.2) is 10.9 Å². The van der Waals surface area contributed by atoms with Crippen LogP contribution in [0.3, 0.4) is 0 Å².